The predicted octanol–water partition coefficient (Wildman–Crippen LogP) is 4.99. The number of halogens is 1. The molecule has 1 unspecified atom stereocenters. The minimum atomic E-state index is -0.881. The number of hydrogen-bond acceptors (Lipinski definition) is 5. The van der Waals surface area contributed by atoms with Gasteiger partial charge in [0.25, 0.3) is 5.91 Å². The molecule has 1 aliphatic rings. The molecule has 1 N–H and O–H groups in total. The van der Waals surface area contributed by atoms with Gasteiger partial charge in [0.05, 0.1) is 27.2 Å². The van der Waals surface area contributed by atoms with Crippen LogP contribution in [0.1, 0.15) is 37.5 Å². The maximum atomic E-state index is 13.6. The van der Waals surface area contributed by atoms with E-state index < -0.39 is 29.3 Å². The number of amides is 1. The first kappa shape index (κ1) is 20.0. The van der Waals surface area contributed by atoms with Crippen LogP contribution >= 0.6 is 11.3 Å². The van der Waals surface area contributed by atoms with Crippen molar-refractivity contribution in [2.75, 3.05) is 4.90 Å². The predicted molar refractivity (Wildman–Crippen MR) is 113 cm³/mol. The molecule has 7 heteroatoms. The summed E-state index contributed by atoms with van der Waals surface area (Å²) >= 11 is 1.22. The van der Waals surface area contributed by atoms with E-state index in [9.17, 15) is 19.1 Å². The van der Waals surface area contributed by atoms with Crippen LogP contribution in [0.3, 0.4) is 0 Å². The molecule has 0 bridgehead atoms. The number of rotatable bonds is 4. The van der Waals surface area contributed by atoms with Gasteiger partial charge in [-0.1, -0.05) is 30.3 Å². The average molecular weight is 422 g/mol. The molecule has 2 heterocycles. The van der Waals surface area contributed by atoms with Gasteiger partial charge in [-0.25, -0.2) is 9.37 Å². The van der Waals surface area contributed by atoms with E-state index in [-0.39, 0.29) is 5.57 Å². The van der Waals surface area contributed by atoms with Crippen molar-refractivity contribution in [3.63, 3.8) is 0 Å². The monoisotopic (exact) mass is 422 g/mol. The number of aliphatic hydroxyl groups is 1. The van der Waals surface area contributed by atoms with E-state index in [1.807, 2.05) is 19.1 Å². The lowest BCUT2D eigenvalue weighted by Gasteiger charge is -2.28. The summed E-state index contributed by atoms with van der Waals surface area (Å²) in [6, 6.07) is 11.9. The molecule has 0 spiro atoms. The first-order chi connectivity index (χ1) is 14.3. The Labute approximate surface area is 177 Å². The minimum Gasteiger partial charge on any atom is -0.503 e. The Kier molecular flexibility index (Phi) is 4.99. The molecule has 1 aliphatic heterocycles. The summed E-state index contributed by atoms with van der Waals surface area (Å²) in [6.07, 6.45) is 0. The number of aromatic nitrogens is 1. The fraction of sp³-hybridized carbons (Fsp3) is 0.174. The first-order valence-corrected chi connectivity index (χ1v) is 10.2. The third-order valence-corrected chi connectivity index (χ3v) is 6.19. The number of para-hydroxylation sites is 1. The topological polar surface area (TPSA) is 70.5 Å². The van der Waals surface area contributed by atoms with Crippen LogP contribution in [0.25, 0.3) is 0 Å². The van der Waals surface area contributed by atoms with E-state index in [4.69, 9.17) is 0 Å². The SMILES string of the molecule is Cc1nc(C)c(C(=O)C2=C(O)C(=O)N(c3ccccc3C)C2c2ccc(F)cc2)s1. The zero-order valence-electron chi connectivity index (χ0n) is 16.6. The smallest absolute Gasteiger partial charge is 0.294 e. The number of Topliss-reactive ketones (excluding diaryl/α,β-unsaturated/α-hetero) is 1. The Morgan fingerprint density at radius 3 is 2.37 bits per heavy atom. The summed E-state index contributed by atoms with van der Waals surface area (Å²) < 4.78 is 13.6. The fourth-order valence-electron chi connectivity index (χ4n) is 3.74. The summed E-state index contributed by atoms with van der Waals surface area (Å²) in [5.41, 5.74) is 2.43. The van der Waals surface area contributed by atoms with Crippen molar-refractivity contribution < 1.29 is 19.1 Å². The van der Waals surface area contributed by atoms with Crippen molar-refractivity contribution in [3.8, 4) is 0 Å². The largest absolute Gasteiger partial charge is 0.503 e. The van der Waals surface area contributed by atoms with Crippen LogP contribution in [0, 0.1) is 26.6 Å². The molecule has 1 amide bonds. The van der Waals surface area contributed by atoms with Gasteiger partial charge in [-0.15, -0.1) is 11.3 Å². The van der Waals surface area contributed by atoms with Crippen molar-refractivity contribution in [2.45, 2.75) is 26.8 Å². The van der Waals surface area contributed by atoms with Gasteiger partial charge in [0.2, 0.25) is 5.78 Å². The molecular formula is C23H19FN2O3S. The number of aryl methyl sites for hydroxylation is 3. The van der Waals surface area contributed by atoms with Crippen molar-refractivity contribution in [1.29, 1.82) is 0 Å². The number of aliphatic hydroxyl groups excluding tert-OH is 1. The maximum absolute atomic E-state index is 13.6. The summed E-state index contributed by atoms with van der Waals surface area (Å²) in [7, 11) is 0. The molecule has 2 aromatic carbocycles. The Bertz CT molecular complexity index is 1200. The first-order valence-electron chi connectivity index (χ1n) is 9.36. The number of hydrogen-bond donors (Lipinski definition) is 1. The van der Waals surface area contributed by atoms with E-state index in [0.717, 1.165) is 5.56 Å². The van der Waals surface area contributed by atoms with Crippen LogP contribution in [0.4, 0.5) is 10.1 Å². The van der Waals surface area contributed by atoms with Crippen LogP contribution in [0.2, 0.25) is 0 Å². The molecule has 5 nitrogen and oxygen atoms in total. The molecule has 152 valence electrons. The Balaban J connectivity index is 1.92. The number of benzene rings is 2. The number of carbonyl (C=O) groups is 2. The van der Waals surface area contributed by atoms with Crippen molar-refractivity contribution >= 4 is 28.7 Å². The van der Waals surface area contributed by atoms with Crippen LogP contribution in [-0.2, 0) is 4.79 Å². The average Bonchev–Trinajstić information content (AvgIpc) is 3.18. The molecule has 0 aliphatic carbocycles. The van der Waals surface area contributed by atoms with Gasteiger partial charge in [0.15, 0.2) is 5.76 Å². The van der Waals surface area contributed by atoms with Crippen molar-refractivity contribution in [3.05, 3.63) is 92.4 Å². The van der Waals surface area contributed by atoms with E-state index in [0.29, 0.717) is 26.8 Å². The van der Waals surface area contributed by atoms with Gasteiger partial charge in [-0.2, -0.15) is 0 Å². The third kappa shape index (κ3) is 3.21. The zero-order chi connectivity index (χ0) is 21.6. The lowest BCUT2D eigenvalue weighted by atomic mass is 9.94. The normalized spacial score (nSPS) is 16.5. The van der Waals surface area contributed by atoms with Crippen LogP contribution < -0.4 is 4.90 Å². The summed E-state index contributed by atoms with van der Waals surface area (Å²) in [4.78, 5) is 32.6. The number of ketones is 1. The molecule has 4 rings (SSSR count). The molecule has 30 heavy (non-hydrogen) atoms. The Morgan fingerprint density at radius 1 is 1.10 bits per heavy atom. The van der Waals surface area contributed by atoms with Gasteiger partial charge < -0.3 is 5.11 Å². The van der Waals surface area contributed by atoms with Crippen molar-refractivity contribution in [2.24, 2.45) is 0 Å². The molecule has 0 fully saturated rings. The summed E-state index contributed by atoms with van der Waals surface area (Å²) in [5.74, 6) is -2.14. The second-order valence-corrected chi connectivity index (χ2v) is 8.36. The highest BCUT2D eigenvalue weighted by molar-refractivity contribution is 7.14. The fourth-order valence-corrected chi connectivity index (χ4v) is 4.62. The van der Waals surface area contributed by atoms with E-state index in [1.165, 1.54) is 40.5 Å². The van der Waals surface area contributed by atoms with Gasteiger partial charge in [0.1, 0.15) is 5.82 Å². The minimum absolute atomic E-state index is 0.0263. The second-order valence-electron chi connectivity index (χ2n) is 7.15. The van der Waals surface area contributed by atoms with Crippen molar-refractivity contribution in [1.82, 2.24) is 4.98 Å². The molecule has 0 saturated heterocycles. The lowest BCUT2D eigenvalue weighted by Crippen LogP contribution is -2.31. The van der Waals surface area contributed by atoms with Crippen LogP contribution in [0.15, 0.2) is 59.9 Å². The zero-order valence-corrected chi connectivity index (χ0v) is 17.5. The van der Waals surface area contributed by atoms with Gasteiger partial charge in [-0.05, 0) is 50.1 Å². The number of carbonyl (C=O) groups excluding carboxylic acids is 2. The molecule has 0 saturated carbocycles. The molecule has 0 radical (unpaired) electrons. The lowest BCUT2D eigenvalue weighted by molar-refractivity contribution is -0.117. The highest BCUT2D eigenvalue weighted by Crippen LogP contribution is 2.43. The van der Waals surface area contributed by atoms with E-state index in [1.54, 1.807) is 26.0 Å². The molecule has 1 atom stereocenters. The van der Waals surface area contributed by atoms with E-state index >= 15 is 0 Å². The third-order valence-electron chi connectivity index (χ3n) is 5.12. The Hall–Kier alpha value is -3.32. The van der Waals surface area contributed by atoms with Gasteiger partial charge >= 0.3 is 0 Å². The number of thiazole rings is 1. The van der Waals surface area contributed by atoms with E-state index in [2.05, 4.69) is 4.98 Å². The molecular weight excluding hydrogens is 403 g/mol. The standard InChI is InChI=1S/C23H19FN2O3S/c1-12-6-4-5-7-17(12)26-19(15-8-10-16(24)11-9-15)18(21(28)23(26)29)20(27)22-13(2)25-14(3)30-22/h4-11,19,28H,1-3H3. The second kappa shape index (κ2) is 7.50. The Morgan fingerprint density at radius 2 is 1.77 bits per heavy atom. The maximum Gasteiger partial charge on any atom is 0.294 e. The highest BCUT2D eigenvalue weighted by Gasteiger charge is 2.45. The summed E-state index contributed by atoms with van der Waals surface area (Å²) in [5, 5.41) is 11.5. The van der Waals surface area contributed by atoms with Crippen LogP contribution in [-0.4, -0.2) is 21.8 Å². The number of anilines is 1. The summed E-state index contributed by atoms with van der Waals surface area (Å²) in [6.45, 7) is 5.36. The highest BCUT2D eigenvalue weighted by atomic mass is 32.1. The molecule has 1 aromatic heterocycles. The van der Waals surface area contributed by atoms with Gasteiger partial charge in [-0.3, -0.25) is 14.5 Å². The quantitative estimate of drug-likeness (QED) is 0.602. The number of nitrogens with zero attached hydrogens (tertiary/aromatic N) is 2. The van der Waals surface area contributed by atoms with Crippen LogP contribution in [0.5, 0.6) is 0 Å². The molecule has 3 aromatic rings. The van der Waals surface area contributed by atoms with Gasteiger partial charge in [0, 0.05) is 5.69 Å².